The van der Waals surface area contributed by atoms with Gasteiger partial charge < -0.3 is 14.8 Å². The number of hydrogen-bond donors (Lipinski definition) is 1. The molecule has 1 aromatic rings. The van der Waals surface area contributed by atoms with Crippen LogP contribution in [0, 0.1) is 0 Å². The van der Waals surface area contributed by atoms with Crippen LogP contribution in [0.4, 0.5) is 0 Å². The Bertz CT molecular complexity index is 665. The van der Waals surface area contributed by atoms with Gasteiger partial charge in [0.1, 0.15) is 0 Å². The largest absolute Gasteiger partial charge is 0.385 e. The summed E-state index contributed by atoms with van der Waals surface area (Å²) in [6, 6.07) is 6.02. The Labute approximate surface area is 149 Å². The highest BCUT2D eigenvalue weighted by Crippen LogP contribution is 2.21. The van der Waals surface area contributed by atoms with Crippen LogP contribution in [0.3, 0.4) is 0 Å². The summed E-state index contributed by atoms with van der Waals surface area (Å²) in [5.41, 5.74) is 0.431. The summed E-state index contributed by atoms with van der Waals surface area (Å²) >= 11 is 0. The van der Waals surface area contributed by atoms with Gasteiger partial charge in [0.05, 0.1) is 17.1 Å². The maximum Gasteiger partial charge on any atom is 0.251 e. The van der Waals surface area contributed by atoms with Crippen molar-refractivity contribution in [3.63, 3.8) is 0 Å². The van der Waals surface area contributed by atoms with Crippen LogP contribution in [-0.2, 0) is 19.5 Å². The summed E-state index contributed by atoms with van der Waals surface area (Å²) < 4.78 is 37.5. The fourth-order valence-electron chi connectivity index (χ4n) is 2.77. The average molecular weight is 370 g/mol. The van der Waals surface area contributed by atoms with Crippen LogP contribution in [0.1, 0.15) is 30.6 Å². The predicted molar refractivity (Wildman–Crippen MR) is 94.0 cm³/mol. The standard InChI is InChI=1S/C17H26N2O5S/c1-13-11-19(12-14(2)24-13)25(21,22)16-7-5-15(6-8-16)17(20)18-9-4-10-23-3/h5-8,13-14H,4,9-12H2,1-3H3,(H,18,20)/t13-,14-/m1/s1. The second kappa shape index (κ2) is 8.75. The third-order valence-electron chi connectivity index (χ3n) is 3.95. The van der Waals surface area contributed by atoms with Crippen LogP contribution in [0.25, 0.3) is 0 Å². The summed E-state index contributed by atoms with van der Waals surface area (Å²) in [5, 5.41) is 2.77. The minimum Gasteiger partial charge on any atom is -0.385 e. The molecule has 8 heteroatoms. The zero-order chi connectivity index (χ0) is 18.4. The molecular weight excluding hydrogens is 344 g/mol. The third-order valence-corrected chi connectivity index (χ3v) is 5.80. The smallest absolute Gasteiger partial charge is 0.251 e. The van der Waals surface area contributed by atoms with Crippen molar-refractivity contribution in [2.24, 2.45) is 0 Å². The number of rotatable bonds is 7. The molecular formula is C17H26N2O5S. The third kappa shape index (κ3) is 5.24. The molecule has 1 saturated heterocycles. The van der Waals surface area contributed by atoms with Crippen LogP contribution >= 0.6 is 0 Å². The van der Waals surface area contributed by atoms with Gasteiger partial charge in [-0.1, -0.05) is 0 Å². The molecule has 2 rings (SSSR count). The number of nitrogens with one attached hydrogen (secondary N) is 1. The average Bonchev–Trinajstić information content (AvgIpc) is 2.58. The van der Waals surface area contributed by atoms with Crippen molar-refractivity contribution in [2.45, 2.75) is 37.4 Å². The molecule has 0 spiro atoms. The zero-order valence-electron chi connectivity index (χ0n) is 14.9. The first-order valence-electron chi connectivity index (χ1n) is 8.37. The highest BCUT2D eigenvalue weighted by atomic mass is 32.2. The van der Waals surface area contributed by atoms with E-state index in [9.17, 15) is 13.2 Å². The van der Waals surface area contributed by atoms with Gasteiger partial charge in [-0.2, -0.15) is 4.31 Å². The molecule has 2 atom stereocenters. The van der Waals surface area contributed by atoms with Crippen LogP contribution in [-0.4, -0.2) is 64.2 Å². The van der Waals surface area contributed by atoms with Gasteiger partial charge in [0, 0.05) is 38.9 Å². The Morgan fingerprint density at radius 1 is 1.24 bits per heavy atom. The molecule has 0 saturated carbocycles. The number of carbonyl (C=O) groups is 1. The normalized spacial score (nSPS) is 21.9. The van der Waals surface area contributed by atoms with E-state index in [1.165, 1.54) is 28.6 Å². The van der Waals surface area contributed by atoms with Crippen molar-refractivity contribution in [1.82, 2.24) is 9.62 Å². The lowest BCUT2D eigenvalue weighted by atomic mass is 10.2. The van der Waals surface area contributed by atoms with Gasteiger partial charge in [-0.05, 0) is 44.5 Å². The first-order chi connectivity index (χ1) is 11.8. The number of methoxy groups -OCH3 is 1. The van der Waals surface area contributed by atoms with E-state index in [1.54, 1.807) is 7.11 Å². The summed E-state index contributed by atoms with van der Waals surface area (Å²) in [6.45, 7) is 5.46. The van der Waals surface area contributed by atoms with Gasteiger partial charge in [0.25, 0.3) is 5.91 Å². The molecule has 0 aromatic heterocycles. The van der Waals surface area contributed by atoms with Gasteiger partial charge in [-0.25, -0.2) is 8.42 Å². The number of nitrogens with zero attached hydrogens (tertiary/aromatic N) is 1. The molecule has 7 nitrogen and oxygen atoms in total. The molecule has 1 heterocycles. The maximum absolute atomic E-state index is 12.8. The van der Waals surface area contributed by atoms with Crippen molar-refractivity contribution in [1.29, 1.82) is 0 Å². The van der Waals surface area contributed by atoms with E-state index in [2.05, 4.69) is 5.32 Å². The number of carbonyl (C=O) groups excluding carboxylic acids is 1. The molecule has 1 N–H and O–H groups in total. The number of morpholine rings is 1. The predicted octanol–water partition coefficient (Wildman–Crippen LogP) is 1.25. The van der Waals surface area contributed by atoms with Crippen LogP contribution < -0.4 is 5.32 Å². The van der Waals surface area contributed by atoms with Crippen molar-refractivity contribution in [2.75, 3.05) is 33.4 Å². The van der Waals surface area contributed by atoms with E-state index in [0.29, 0.717) is 31.8 Å². The number of sulfonamides is 1. The maximum atomic E-state index is 12.8. The van der Waals surface area contributed by atoms with E-state index in [4.69, 9.17) is 9.47 Å². The van der Waals surface area contributed by atoms with Crippen LogP contribution in [0.5, 0.6) is 0 Å². The molecule has 0 radical (unpaired) electrons. The lowest BCUT2D eigenvalue weighted by Crippen LogP contribution is -2.48. The molecule has 1 aromatic carbocycles. The molecule has 1 aliphatic heterocycles. The zero-order valence-corrected chi connectivity index (χ0v) is 15.7. The van der Waals surface area contributed by atoms with Gasteiger partial charge in [0.15, 0.2) is 0 Å². The molecule has 25 heavy (non-hydrogen) atoms. The van der Waals surface area contributed by atoms with Crippen molar-refractivity contribution < 1.29 is 22.7 Å². The first kappa shape index (κ1) is 19.8. The molecule has 1 fully saturated rings. The Morgan fingerprint density at radius 3 is 2.40 bits per heavy atom. The monoisotopic (exact) mass is 370 g/mol. The minimum atomic E-state index is -3.59. The second-order valence-electron chi connectivity index (χ2n) is 6.21. The fraction of sp³-hybridized carbons (Fsp3) is 0.588. The van der Waals surface area contributed by atoms with Gasteiger partial charge >= 0.3 is 0 Å². The number of amides is 1. The number of benzene rings is 1. The molecule has 1 aliphatic rings. The van der Waals surface area contributed by atoms with E-state index < -0.39 is 10.0 Å². The van der Waals surface area contributed by atoms with Crippen molar-refractivity contribution in [3.8, 4) is 0 Å². The van der Waals surface area contributed by atoms with E-state index >= 15 is 0 Å². The first-order valence-corrected chi connectivity index (χ1v) is 9.81. The molecule has 0 bridgehead atoms. The lowest BCUT2D eigenvalue weighted by Gasteiger charge is -2.34. The molecule has 0 aliphatic carbocycles. The van der Waals surface area contributed by atoms with Gasteiger partial charge in [-0.3, -0.25) is 4.79 Å². The molecule has 0 unspecified atom stereocenters. The van der Waals surface area contributed by atoms with Gasteiger partial charge in [0.2, 0.25) is 10.0 Å². The lowest BCUT2D eigenvalue weighted by molar-refractivity contribution is -0.0440. The Balaban J connectivity index is 2.04. The minimum absolute atomic E-state index is 0.143. The van der Waals surface area contributed by atoms with E-state index in [1.807, 2.05) is 13.8 Å². The second-order valence-corrected chi connectivity index (χ2v) is 8.14. The highest BCUT2D eigenvalue weighted by molar-refractivity contribution is 7.89. The Kier molecular flexibility index (Phi) is 6.95. The molecule has 1 amide bonds. The Morgan fingerprint density at radius 2 is 1.84 bits per heavy atom. The molecule has 140 valence electrons. The van der Waals surface area contributed by atoms with E-state index in [0.717, 1.165) is 6.42 Å². The number of hydrogen-bond acceptors (Lipinski definition) is 5. The SMILES string of the molecule is COCCCNC(=O)c1ccc(S(=O)(=O)N2C[C@@H](C)O[C@H](C)C2)cc1. The Hall–Kier alpha value is -1.48. The topological polar surface area (TPSA) is 84.9 Å². The number of ether oxygens (including phenoxy) is 2. The summed E-state index contributed by atoms with van der Waals surface area (Å²) in [6.07, 6.45) is 0.439. The van der Waals surface area contributed by atoms with Gasteiger partial charge in [-0.15, -0.1) is 0 Å². The van der Waals surface area contributed by atoms with Crippen molar-refractivity contribution >= 4 is 15.9 Å². The quantitative estimate of drug-likeness (QED) is 0.730. The summed E-state index contributed by atoms with van der Waals surface area (Å²) in [5.74, 6) is -0.228. The van der Waals surface area contributed by atoms with E-state index in [-0.39, 0.29) is 23.0 Å². The summed E-state index contributed by atoms with van der Waals surface area (Å²) in [4.78, 5) is 12.2. The fourth-order valence-corrected chi connectivity index (χ4v) is 4.37. The summed E-state index contributed by atoms with van der Waals surface area (Å²) in [7, 11) is -1.98. The highest BCUT2D eigenvalue weighted by Gasteiger charge is 2.32. The van der Waals surface area contributed by atoms with Crippen LogP contribution in [0.2, 0.25) is 0 Å². The van der Waals surface area contributed by atoms with Crippen LogP contribution in [0.15, 0.2) is 29.2 Å². The van der Waals surface area contributed by atoms with Crippen molar-refractivity contribution in [3.05, 3.63) is 29.8 Å².